The zero-order valence-electron chi connectivity index (χ0n) is 10.8. The summed E-state index contributed by atoms with van der Waals surface area (Å²) in [5.74, 6) is 0.737. The van der Waals surface area contributed by atoms with Crippen LogP contribution >= 0.6 is 0 Å². The third-order valence-electron chi connectivity index (χ3n) is 4.67. The molecule has 0 bridgehead atoms. The van der Waals surface area contributed by atoms with Gasteiger partial charge in [-0.05, 0) is 31.7 Å². The molecular formula is C14H26N2O. The van der Waals surface area contributed by atoms with Gasteiger partial charge in [-0.2, -0.15) is 0 Å². The van der Waals surface area contributed by atoms with Crippen LogP contribution in [0.1, 0.15) is 64.2 Å². The van der Waals surface area contributed by atoms with Gasteiger partial charge in [-0.15, -0.1) is 0 Å². The summed E-state index contributed by atoms with van der Waals surface area (Å²) in [6.07, 6.45) is 12.3. The van der Waals surface area contributed by atoms with Gasteiger partial charge in [0.2, 0.25) is 5.91 Å². The average Bonchev–Trinajstić information content (AvgIpc) is 2.80. The van der Waals surface area contributed by atoms with Gasteiger partial charge in [0.05, 0.1) is 5.54 Å². The maximum Gasteiger partial charge on any atom is 0.237 e. The van der Waals surface area contributed by atoms with Crippen molar-refractivity contribution in [2.24, 2.45) is 11.7 Å². The minimum absolute atomic E-state index is 0.140. The molecule has 1 amide bonds. The fourth-order valence-electron chi connectivity index (χ4n) is 3.48. The molecule has 2 aliphatic carbocycles. The van der Waals surface area contributed by atoms with Crippen molar-refractivity contribution < 1.29 is 4.79 Å². The minimum Gasteiger partial charge on any atom is -0.368 e. The summed E-state index contributed by atoms with van der Waals surface area (Å²) in [5, 5.41) is 3.47. The van der Waals surface area contributed by atoms with Crippen molar-refractivity contribution in [3.63, 3.8) is 0 Å². The Labute approximate surface area is 105 Å². The quantitative estimate of drug-likeness (QED) is 0.772. The number of carbonyl (C=O) groups excluding carboxylic acids is 1. The Kier molecular flexibility index (Phi) is 4.43. The largest absolute Gasteiger partial charge is 0.368 e. The van der Waals surface area contributed by atoms with Crippen molar-refractivity contribution in [1.29, 1.82) is 0 Å². The number of amides is 1. The van der Waals surface area contributed by atoms with Gasteiger partial charge in [0.25, 0.3) is 0 Å². The smallest absolute Gasteiger partial charge is 0.237 e. The number of hydrogen-bond donors (Lipinski definition) is 2. The standard InChI is InChI=1S/C14H26N2O/c15-13(17)14(9-4-5-10-14)16-11-8-12-6-2-1-3-7-12/h12,16H,1-11H2,(H2,15,17). The second-order valence-corrected chi connectivity index (χ2v) is 5.87. The first-order valence-corrected chi connectivity index (χ1v) is 7.28. The fourth-order valence-corrected chi connectivity index (χ4v) is 3.48. The summed E-state index contributed by atoms with van der Waals surface area (Å²) in [6, 6.07) is 0. The van der Waals surface area contributed by atoms with Crippen molar-refractivity contribution in [2.45, 2.75) is 69.7 Å². The third kappa shape index (κ3) is 3.21. The van der Waals surface area contributed by atoms with Crippen LogP contribution < -0.4 is 11.1 Å². The molecule has 3 nitrogen and oxygen atoms in total. The Hall–Kier alpha value is -0.570. The zero-order valence-corrected chi connectivity index (χ0v) is 10.8. The minimum atomic E-state index is -0.366. The van der Waals surface area contributed by atoms with E-state index in [1.807, 2.05) is 0 Å². The van der Waals surface area contributed by atoms with Crippen LogP contribution in [-0.2, 0) is 4.79 Å². The SMILES string of the molecule is NC(=O)C1(NCCC2CCCCC2)CCCC1. The number of carbonyl (C=O) groups is 1. The van der Waals surface area contributed by atoms with Crippen molar-refractivity contribution in [3.05, 3.63) is 0 Å². The number of primary amides is 1. The molecule has 17 heavy (non-hydrogen) atoms. The first-order chi connectivity index (χ1) is 8.23. The molecule has 98 valence electrons. The molecular weight excluding hydrogens is 212 g/mol. The highest BCUT2D eigenvalue weighted by atomic mass is 16.1. The molecule has 0 unspecified atom stereocenters. The molecule has 0 aliphatic heterocycles. The molecule has 0 aromatic carbocycles. The first kappa shape index (κ1) is 12.9. The Morgan fingerprint density at radius 2 is 1.76 bits per heavy atom. The molecule has 2 fully saturated rings. The lowest BCUT2D eigenvalue weighted by atomic mass is 9.86. The van der Waals surface area contributed by atoms with Crippen molar-refractivity contribution in [1.82, 2.24) is 5.32 Å². The van der Waals surface area contributed by atoms with Gasteiger partial charge in [-0.25, -0.2) is 0 Å². The van der Waals surface area contributed by atoms with Crippen LogP contribution in [-0.4, -0.2) is 18.0 Å². The molecule has 0 aromatic rings. The molecule has 0 spiro atoms. The summed E-state index contributed by atoms with van der Waals surface area (Å²) in [7, 11) is 0. The van der Waals surface area contributed by atoms with Gasteiger partial charge < -0.3 is 11.1 Å². The number of nitrogens with one attached hydrogen (secondary N) is 1. The number of nitrogens with two attached hydrogens (primary N) is 1. The van der Waals surface area contributed by atoms with Gasteiger partial charge in [0.15, 0.2) is 0 Å². The molecule has 2 aliphatic rings. The van der Waals surface area contributed by atoms with Gasteiger partial charge >= 0.3 is 0 Å². The van der Waals surface area contributed by atoms with Crippen molar-refractivity contribution in [3.8, 4) is 0 Å². The lowest BCUT2D eigenvalue weighted by Gasteiger charge is -2.28. The summed E-state index contributed by atoms with van der Waals surface area (Å²) >= 11 is 0. The Bertz CT molecular complexity index is 253. The van der Waals surface area contributed by atoms with E-state index in [9.17, 15) is 4.79 Å². The lowest BCUT2D eigenvalue weighted by molar-refractivity contribution is -0.124. The lowest BCUT2D eigenvalue weighted by Crippen LogP contribution is -2.53. The van der Waals surface area contributed by atoms with E-state index in [4.69, 9.17) is 5.73 Å². The van der Waals surface area contributed by atoms with E-state index >= 15 is 0 Å². The summed E-state index contributed by atoms with van der Waals surface area (Å²) < 4.78 is 0. The highest BCUT2D eigenvalue weighted by Crippen LogP contribution is 2.30. The van der Waals surface area contributed by atoms with E-state index in [2.05, 4.69) is 5.32 Å². The molecule has 3 heteroatoms. The van der Waals surface area contributed by atoms with Crippen LogP contribution in [0.4, 0.5) is 0 Å². The maximum absolute atomic E-state index is 11.6. The van der Waals surface area contributed by atoms with Gasteiger partial charge in [0, 0.05) is 0 Å². The van der Waals surface area contributed by atoms with Crippen LogP contribution in [0.2, 0.25) is 0 Å². The molecule has 0 saturated heterocycles. The second kappa shape index (κ2) is 5.85. The number of rotatable bonds is 5. The second-order valence-electron chi connectivity index (χ2n) is 5.87. The monoisotopic (exact) mass is 238 g/mol. The van der Waals surface area contributed by atoms with Gasteiger partial charge in [0.1, 0.15) is 0 Å². The van der Waals surface area contributed by atoms with E-state index in [-0.39, 0.29) is 11.4 Å². The predicted octanol–water partition coefficient (Wildman–Crippen LogP) is 2.34. The average molecular weight is 238 g/mol. The summed E-state index contributed by atoms with van der Waals surface area (Å²) in [4.78, 5) is 11.6. The maximum atomic E-state index is 11.6. The van der Waals surface area contributed by atoms with E-state index in [0.717, 1.165) is 38.1 Å². The Balaban J connectivity index is 1.74. The van der Waals surface area contributed by atoms with E-state index in [0.29, 0.717) is 0 Å². The fraction of sp³-hybridized carbons (Fsp3) is 0.929. The topological polar surface area (TPSA) is 55.1 Å². The van der Waals surface area contributed by atoms with Crippen LogP contribution in [0.15, 0.2) is 0 Å². The van der Waals surface area contributed by atoms with E-state index in [1.165, 1.54) is 38.5 Å². The molecule has 0 heterocycles. The van der Waals surface area contributed by atoms with E-state index < -0.39 is 0 Å². The van der Waals surface area contributed by atoms with Gasteiger partial charge in [-0.3, -0.25) is 4.79 Å². The first-order valence-electron chi connectivity index (χ1n) is 7.28. The summed E-state index contributed by atoms with van der Waals surface area (Å²) in [5.41, 5.74) is 5.18. The van der Waals surface area contributed by atoms with Crippen LogP contribution in [0.5, 0.6) is 0 Å². The predicted molar refractivity (Wildman–Crippen MR) is 69.6 cm³/mol. The summed E-state index contributed by atoms with van der Waals surface area (Å²) in [6.45, 7) is 0.966. The zero-order chi connectivity index (χ0) is 12.1. The molecule has 2 rings (SSSR count). The van der Waals surface area contributed by atoms with Crippen LogP contribution in [0, 0.1) is 5.92 Å². The van der Waals surface area contributed by atoms with Crippen LogP contribution in [0.25, 0.3) is 0 Å². The molecule has 0 radical (unpaired) electrons. The Morgan fingerprint density at radius 1 is 1.12 bits per heavy atom. The van der Waals surface area contributed by atoms with Crippen molar-refractivity contribution in [2.75, 3.05) is 6.54 Å². The van der Waals surface area contributed by atoms with Crippen LogP contribution in [0.3, 0.4) is 0 Å². The van der Waals surface area contributed by atoms with Crippen molar-refractivity contribution >= 4 is 5.91 Å². The molecule has 0 atom stereocenters. The normalized spacial score (nSPS) is 24.9. The highest BCUT2D eigenvalue weighted by molar-refractivity contribution is 5.85. The Morgan fingerprint density at radius 3 is 2.35 bits per heavy atom. The molecule has 2 saturated carbocycles. The van der Waals surface area contributed by atoms with Gasteiger partial charge in [-0.1, -0.05) is 44.9 Å². The number of hydrogen-bond acceptors (Lipinski definition) is 2. The molecule has 0 aromatic heterocycles. The third-order valence-corrected chi connectivity index (χ3v) is 4.67. The van der Waals surface area contributed by atoms with E-state index in [1.54, 1.807) is 0 Å². The molecule has 3 N–H and O–H groups in total. The highest BCUT2D eigenvalue weighted by Gasteiger charge is 2.38.